The molecule has 2 heterocycles. The van der Waals surface area contributed by atoms with Gasteiger partial charge in [-0.05, 0) is 6.26 Å². The molecule has 0 aliphatic carbocycles. The SMILES string of the molecule is CSCC(C)c1nnc(N2C(=O)N(C)CC2O)s1. The van der Waals surface area contributed by atoms with Crippen LogP contribution in [0, 0.1) is 0 Å². The molecule has 0 aromatic carbocycles. The van der Waals surface area contributed by atoms with Crippen LogP contribution in [0.15, 0.2) is 0 Å². The van der Waals surface area contributed by atoms with Crippen LogP contribution in [0.2, 0.25) is 0 Å². The number of carbonyl (C=O) groups excluding carboxylic acids is 1. The number of β-amino-alcohol motifs (C(OH)–C–C–N with tert-alkyl or cyclic N) is 1. The smallest absolute Gasteiger partial charge is 0.328 e. The quantitative estimate of drug-likeness (QED) is 0.901. The van der Waals surface area contributed by atoms with E-state index in [1.807, 2.05) is 6.26 Å². The number of anilines is 1. The van der Waals surface area contributed by atoms with E-state index in [4.69, 9.17) is 0 Å². The normalized spacial score (nSPS) is 21.8. The van der Waals surface area contributed by atoms with Crippen molar-refractivity contribution in [3.8, 4) is 0 Å². The number of aliphatic hydroxyl groups excluding tert-OH is 1. The molecular weight excluding hydrogens is 272 g/mol. The predicted octanol–water partition coefficient (Wildman–Crippen LogP) is 1.19. The monoisotopic (exact) mass is 288 g/mol. The number of aromatic nitrogens is 2. The molecule has 100 valence electrons. The minimum atomic E-state index is -0.834. The molecular formula is C10H16N4O2S2. The van der Waals surface area contributed by atoms with Gasteiger partial charge in [0.1, 0.15) is 5.01 Å². The lowest BCUT2D eigenvalue weighted by Gasteiger charge is -2.14. The van der Waals surface area contributed by atoms with Gasteiger partial charge in [-0.3, -0.25) is 0 Å². The molecule has 0 radical (unpaired) electrons. The van der Waals surface area contributed by atoms with Gasteiger partial charge >= 0.3 is 6.03 Å². The van der Waals surface area contributed by atoms with Gasteiger partial charge in [-0.15, -0.1) is 10.2 Å². The van der Waals surface area contributed by atoms with Gasteiger partial charge in [0, 0.05) is 18.7 Å². The van der Waals surface area contributed by atoms with Crippen molar-refractivity contribution in [2.24, 2.45) is 0 Å². The molecule has 1 aliphatic heterocycles. The first-order chi connectivity index (χ1) is 8.54. The maximum absolute atomic E-state index is 11.8. The zero-order chi connectivity index (χ0) is 13.3. The largest absolute Gasteiger partial charge is 0.371 e. The van der Waals surface area contributed by atoms with Crippen LogP contribution in [0.4, 0.5) is 9.93 Å². The second-order valence-electron chi connectivity index (χ2n) is 4.29. The van der Waals surface area contributed by atoms with Gasteiger partial charge in [-0.2, -0.15) is 11.8 Å². The van der Waals surface area contributed by atoms with Gasteiger partial charge in [-0.25, -0.2) is 9.69 Å². The van der Waals surface area contributed by atoms with Gasteiger partial charge in [0.2, 0.25) is 5.13 Å². The Hall–Kier alpha value is -0.860. The van der Waals surface area contributed by atoms with Crippen LogP contribution in [0.1, 0.15) is 17.8 Å². The summed E-state index contributed by atoms with van der Waals surface area (Å²) in [4.78, 5) is 14.6. The average Bonchev–Trinajstić information content (AvgIpc) is 2.86. The summed E-state index contributed by atoms with van der Waals surface area (Å²) in [5.41, 5.74) is 0. The molecule has 18 heavy (non-hydrogen) atoms. The van der Waals surface area contributed by atoms with Crippen LogP contribution in [0.3, 0.4) is 0 Å². The van der Waals surface area contributed by atoms with E-state index in [1.165, 1.54) is 21.1 Å². The van der Waals surface area contributed by atoms with Crippen molar-refractivity contribution in [3.05, 3.63) is 5.01 Å². The summed E-state index contributed by atoms with van der Waals surface area (Å²) in [5, 5.41) is 19.3. The van der Waals surface area contributed by atoms with Crippen LogP contribution in [0.25, 0.3) is 0 Å². The van der Waals surface area contributed by atoms with E-state index in [1.54, 1.807) is 18.8 Å². The summed E-state index contributed by atoms with van der Waals surface area (Å²) in [5.74, 6) is 1.27. The highest BCUT2D eigenvalue weighted by molar-refractivity contribution is 7.98. The lowest BCUT2D eigenvalue weighted by atomic mass is 10.2. The number of likely N-dealkylation sites (N-methyl/N-ethyl adjacent to an activating group) is 1. The number of thioether (sulfide) groups is 1. The Kier molecular flexibility index (Phi) is 4.08. The lowest BCUT2D eigenvalue weighted by molar-refractivity contribution is 0.183. The van der Waals surface area contributed by atoms with Gasteiger partial charge in [0.15, 0.2) is 6.23 Å². The van der Waals surface area contributed by atoms with E-state index >= 15 is 0 Å². The number of hydrogen-bond donors (Lipinski definition) is 1. The summed E-state index contributed by atoms with van der Waals surface area (Å²) < 4.78 is 0. The fourth-order valence-electron chi connectivity index (χ4n) is 1.77. The van der Waals surface area contributed by atoms with Crippen LogP contribution in [-0.2, 0) is 0 Å². The van der Waals surface area contributed by atoms with Crippen LogP contribution >= 0.6 is 23.1 Å². The van der Waals surface area contributed by atoms with E-state index in [9.17, 15) is 9.90 Å². The fraction of sp³-hybridized carbons (Fsp3) is 0.700. The first-order valence-corrected chi connectivity index (χ1v) is 7.80. The fourth-order valence-corrected chi connectivity index (χ4v) is 3.47. The standard InChI is InChI=1S/C10H16N4O2S2/c1-6(5-17-3)8-11-12-9(18-8)14-7(15)4-13(2)10(14)16/h6-7,15H,4-5H2,1-3H3. The number of aliphatic hydroxyl groups is 1. The summed E-state index contributed by atoms with van der Waals surface area (Å²) >= 11 is 3.12. The summed E-state index contributed by atoms with van der Waals surface area (Å²) in [6.45, 7) is 2.38. The van der Waals surface area contributed by atoms with E-state index in [2.05, 4.69) is 17.1 Å². The summed E-state index contributed by atoms with van der Waals surface area (Å²) in [6, 6.07) is -0.234. The number of amides is 2. The maximum atomic E-state index is 11.8. The zero-order valence-electron chi connectivity index (χ0n) is 10.5. The minimum Gasteiger partial charge on any atom is -0.371 e. The van der Waals surface area contributed by atoms with E-state index in [0.29, 0.717) is 17.6 Å². The molecule has 0 spiro atoms. The zero-order valence-corrected chi connectivity index (χ0v) is 12.2. The Morgan fingerprint density at radius 1 is 1.61 bits per heavy atom. The van der Waals surface area contributed by atoms with Gasteiger partial charge in [-0.1, -0.05) is 18.3 Å². The van der Waals surface area contributed by atoms with Gasteiger partial charge in [0.05, 0.1) is 6.54 Å². The Labute approximate surface area is 114 Å². The highest BCUT2D eigenvalue weighted by Crippen LogP contribution is 2.30. The molecule has 1 aromatic heterocycles. The molecule has 6 nitrogen and oxygen atoms in total. The van der Waals surface area contributed by atoms with Gasteiger partial charge in [0.25, 0.3) is 0 Å². The Morgan fingerprint density at radius 2 is 2.33 bits per heavy atom. The Morgan fingerprint density at radius 3 is 2.89 bits per heavy atom. The van der Waals surface area contributed by atoms with E-state index < -0.39 is 6.23 Å². The predicted molar refractivity (Wildman–Crippen MR) is 73.2 cm³/mol. The second-order valence-corrected chi connectivity index (χ2v) is 6.19. The van der Waals surface area contributed by atoms with Crippen molar-refractivity contribution in [1.29, 1.82) is 0 Å². The molecule has 8 heteroatoms. The second kappa shape index (κ2) is 5.41. The Balaban J connectivity index is 2.17. The molecule has 2 unspecified atom stereocenters. The number of carbonyl (C=O) groups is 1. The van der Waals surface area contributed by atoms with Crippen LogP contribution in [0.5, 0.6) is 0 Å². The first-order valence-electron chi connectivity index (χ1n) is 5.59. The molecule has 1 fully saturated rings. The minimum absolute atomic E-state index is 0.234. The first kappa shape index (κ1) is 13.6. The maximum Gasteiger partial charge on any atom is 0.328 e. The van der Waals surface area contributed by atoms with E-state index in [-0.39, 0.29) is 6.03 Å². The summed E-state index contributed by atoms with van der Waals surface area (Å²) in [7, 11) is 1.66. The number of rotatable bonds is 4. The average molecular weight is 288 g/mol. The molecule has 2 amide bonds. The molecule has 1 saturated heterocycles. The Bertz CT molecular complexity index is 439. The third-order valence-electron chi connectivity index (χ3n) is 2.74. The number of hydrogen-bond acceptors (Lipinski definition) is 6. The van der Waals surface area contributed by atoms with Crippen molar-refractivity contribution < 1.29 is 9.90 Å². The molecule has 0 saturated carbocycles. The van der Waals surface area contributed by atoms with E-state index in [0.717, 1.165) is 10.8 Å². The highest BCUT2D eigenvalue weighted by Gasteiger charge is 2.37. The van der Waals surface area contributed by atoms with Crippen molar-refractivity contribution in [1.82, 2.24) is 15.1 Å². The molecule has 1 aromatic rings. The molecule has 0 bridgehead atoms. The van der Waals surface area contributed by atoms with Crippen molar-refractivity contribution >= 4 is 34.3 Å². The molecule has 2 atom stereocenters. The molecule has 1 N–H and O–H groups in total. The van der Waals surface area contributed by atoms with Gasteiger partial charge < -0.3 is 10.0 Å². The van der Waals surface area contributed by atoms with Crippen molar-refractivity contribution in [3.63, 3.8) is 0 Å². The molecule has 2 rings (SSSR count). The third kappa shape index (κ3) is 2.45. The van der Waals surface area contributed by atoms with Crippen LogP contribution < -0.4 is 4.90 Å². The highest BCUT2D eigenvalue weighted by atomic mass is 32.2. The van der Waals surface area contributed by atoms with Crippen molar-refractivity contribution in [2.75, 3.05) is 30.5 Å². The molecule has 1 aliphatic rings. The summed E-state index contributed by atoms with van der Waals surface area (Å²) in [6.07, 6.45) is 1.21. The van der Waals surface area contributed by atoms with Crippen LogP contribution in [-0.4, -0.2) is 58.1 Å². The third-order valence-corrected chi connectivity index (χ3v) is 4.73. The lowest BCUT2D eigenvalue weighted by Crippen LogP contribution is -2.34. The number of nitrogens with zero attached hydrogens (tertiary/aromatic N) is 4. The number of urea groups is 1. The topological polar surface area (TPSA) is 69.6 Å². The van der Waals surface area contributed by atoms with Crippen molar-refractivity contribution in [2.45, 2.75) is 19.1 Å².